The molecule has 1 aliphatic rings. The van der Waals surface area contributed by atoms with Crippen LogP contribution in [0.2, 0.25) is 0 Å². The monoisotopic (exact) mass is 365 g/mol. The van der Waals surface area contributed by atoms with Gasteiger partial charge < -0.3 is 9.88 Å². The number of hydrogen-bond acceptors (Lipinski definition) is 2. The number of rotatable bonds is 3. The summed E-state index contributed by atoms with van der Waals surface area (Å²) in [5, 5.41) is 3.06. The van der Waals surface area contributed by atoms with Crippen molar-refractivity contribution in [2.24, 2.45) is 0 Å². The number of fused-ring (bicyclic) bond motifs is 3. The summed E-state index contributed by atoms with van der Waals surface area (Å²) in [6, 6.07) is 22.1. The smallest absolute Gasteiger partial charge is 0.255 e. The highest BCUT2D eigenvalue weighted by molar-refractivity contribution is 6.07. The van der Waals surface area contributed by atoms with Gasteiger partial charge in [0.25, 0.3) is 5.91 Å². The van der Waals surface area contributed by atoms with E-state index in [1.807, 2.05) is 66.2 Å². The Morgan fingerprint density at radius 2 is 1.82 bits per heavy atom. The fourth-order valence-electron chi connectivity index (χ4n) is 3.95. The molecule has 0 aliphatic heterocycles. The first kappa shape index (κ1) is 16.5. The summed E-state index contributed by atoms with van der Waals surface area (Å²) in [7, 11) is 0. The summed E-state index contributed by atoms with van der Waals surface area (Å²) in [4.78, 5) is 17.3. The third kappa shape index (κ3) is 2.70. The minimum absolute atomic E-state index is 0.0795. The molecule has 28 heavy (non-hydrogen) atoms. The van der Waals surface area contributed by atoms with Gasteiger partial charge in [-0.05, 0) is 59.9 Å². The van der Waals surface area contributed by atoms with Crippen LogP contribution in [0.4, 0.5) is 5.69 Å². The van der Waals surface area contributed by atoms with Gasteiger partial charge in [0.1, 0.15) is 5.82 Å². The highest BCUT2D eigenvalue weighted by atomic mass is 16.1. The quantitative estimate of drug-likeness (QED) is 0.489. The van der Waals surface area contributed by atoms with Gasteiger partial charge in [-0.15, -0.1) is 0 Å². The van der Waals surface area contributed by atoms with Crippen molar-refractivity contribution in [3.05, 3.63) is 102 Å². The van der Waals surface area contributed by atoms with Gasteiger partial charge in [0.2, 0.25) is 0 Å². The van der Waals surface area contributed by atoms with Gasteiger partial charge in [-0.25, -0.2) is 4.98 Å². The molecule has 0 spiro atoms. The third-order valence-corrected chi connectivity index (χ3v) is 5.30. The Kier molecular flexibility index (Phi) is 3.83. The number of benzene rings is 3. The Hall–Kier alpha value is -3.66. The maximum atomic E-state index is 13.1. The van der Waals surface area contributed by atoms with E-state index in [9.17, 15) is 4.79 Å². The van der Waals surface area contributed by atoms with E-state index in [1.165, 1.54) is 11.1 Å². The molecule has 0 radical (unpaired) electrons. The van der Waals surface area contributed by atoms with E-state index in [1.54, 1.807) is 6.20 Å². The standard InChI is InChI=1S/C24H19N3O/c1-16-25-12-13-27(16)19-8-4-7-18(15-19)26-24(28)22-11-5-10-21-20-9-3-2-6-17(20)14-23(21)22/h2-13,15H,14H2,1H3,(H,26,28). The van der Waals surface area contributed by atoms with Gasteiger partial charge in [-0.2, -0.15) is 0 Å². The number of carbonyl (C=O) groups is 1. The Bertz CT molecular complexity index is 1210. The first-order valence-electron chi connectivity index (χ1n) is 9.32. The zero-order valence-corrected chi connectivity index (χ0v) is 15.5. The number of amides is 1. The Morgan fingerprint density at radius 1 is 1.00 bits per heavy atom. The number of aryl methyl sites for hydroxylation is 1. The number of nitrogens with one attached hydrogen (secondary N) is 1. The summed E-state index contributed by atoms with van der Waals surface area (Å²) in [6.07, 6.45) is 4.48. The predicted molar refractivity (Wildman–Crippen MR) is 111 cm³/mol. The molecule has 0 saturated carbocycles. The van der Waals surface area contributed by atoms with Crippen LogP contribution in [0.15, 0.2) is 79.1 Å². The van der Waals surface area contributed by atoms with Crippen LogP contribution >= 0.6 is 0 Å². The molecule has 1 amide bonds. The molecule has 4 nitrogen and oxygen atoms in total. The van der Waals surface area contributed by atoms with Crippen LogP contribution in [-0.2, 0) is 6.42 Å². The average Bonchev–Trinajstić information content (AvgIpc) is 3.31. The van der Waals surface area contributed by atoms with E-state index in [2.05, 4.69) is 28.5 Å². The first-order chi connectivity index (χ1) is 13.7. The summed E-state index contributed by atoms with van der Waals surface area (Å²) in [5.41, 5.74) is 7.23. The summed E-state index contributed by atoms with van der Waals surface area (Å²) in [6.45, 7) is 1.95. The van der Waals surface area contributed by atoms with Crippen LogP contribution in [0.25, 0.3) is 16.8 Å². The minimum Gasteiger partial charge on any atom is -0.322 e. The number of anilines is 1. The van der Waals surface area contributed by atoms with Crippen molar-refractivity contribution in [3.63, 3.8) is 0 Å². The Labute approximate surface area is 163 Å². The molecule has 5 rings (SSSR count). The minimum atomic E-state index is -0.0795. The Morgan fingerprint density at radius 3 is 2.68 bits per heavy atom. The van der Waals surface area contributed by atoms with Crippen molar-refractivity contribution < 1.29 is 4.79 Å². The molecular formula is C24H19N3O. The summed E-state index contributed by atoms with van der Waals surface area (Å²) in [5.74, 6) is 0.825. The van der Waals surface area contributed by atoms with Gasteiger partial charge in [0, 0.05) is 29.3 Å². The van der Waals surface area contributed by atoms with Crippen molar-refractivity contribution in [2.45, 2.75) is 13.3 Å². The van der Waals surface area contributed by atoms with Crippen LogP contribution in [-0.4, -0.2) is 15.5 Å². The Balaban J connectivity index is 1.46. The topological polar surface area (TPSA) is 46.9 Å². The molecule has 0 saturated heterocycles. The lowest BCUT2D eigenvalue weighted by Gasteiger charge is -2.11. The number of nitrogens with zero attached hydrogens (tertiary/aromatic N) is 2. The normalized spacial score (nSPS) is 11.8. The molecule has 1 aromatic heterocycles. The van der Waals surface area contributed by atoms with E-state index < -0.39 is 0 Å². The van der Waals surface area contributed by atoms with Gasteiger partial charge in [-0.3, -0.25) is 4.79 Å². The molecule has 1 aliphatic carbocycles. The largest absolute Gasteiger partial charge is 0.322 e. The fraction of sp³-hybridized carbons (Fsp3) is 0.0833. The second kappa shape index (κ2) is 6.50. The highest BCUT2D eigenvalue weighted by Gasteiger charge is 2.23. The number of carbonyl (C=O) groups excluding carboxylic acids is 1. The fourth-order valence-corrected chi connectivity index (χ4v) is 3.95. The molecule has 4 aromatic rings. The zero-order valence-electron chi connectivity index (χ0n) is 15.5. The lowest BCUT2D eigenvalue weighted by molar-refractivity contribution is 0.102. The molecule has 0 atom stereocenters. The molecule has 0 bridgehead atoms. The number of aromatic nitrogens is 2. The summed E-state index contributed by atoms with van der Waals surface area (Å²) >= 11 is 0. The van der Waals surface area contributed by atoms with Crippen LogP contribution in [0.1, 0.15) is 27.3 Å². The van der Waals surface area contributed by atoms with Crippen molar-refractivity contribution >= 4 is 11.6 Å². The van der Waals surface area contributed by atoms with E-state index in [4.69, 9.17) is 0 Å². The highest BCUT2D eigenvalue weighted by Crippen LogP contribution is 2.38. The second-order valence-electron chi connectivity index (χ2n) is 7.01. The van der Waals surface area contributed by atoms with Crippen LogP contribution in [0.3, 0.4) is 0 Å². The second-order valence-corrected chi connectivity index (χ2v) is 7.01. The third-order valence-electron chi connectivity index (χ3n) is 5.30. The van der Waals surface area contributed by atoms with Gasteiger partial charge in [0.05, 0.1) is 0 Å². The molecule has 0 unspecified atom stereocenters. The molecule has 4 heteroatoms. The molecule has 136 valence electrons. The maximum Gasteiger partial charge on any atom is 0.255 e. The average molecular weight is 365 g/mol. The molecule has 0 fully saturated rings. The number of hydrogen-bond donors (Lipinski definition) is 1. The SMILES string of the molecule is Cc1nccn1-c1cccc(NC(=O)c2cccc3c2Cc2ccccc2-3)c1. The van der Waals surface area contributed by atoms with Crippen LogP contribution in [0.5, 0.6) is 0 Å². The van der Waals surface area contributed by atoms with E-state index in [0.717, 1.165) is 40.3 Å². The maximum absolute atomic E-state index is 13.1. The van der Waals surface area contributed by atoms with Gasteiger partial charge >= 0.3 is 0 Å². The zero-order chi connectivity index (χ0) is 19.1. The first-order valence-corrected chi connectivity index (χ1v) is 9.32. The molecular weight excluding hydrogens is 346 g/mol. The lowest BCUT2D eigenvalue weighted by atomic mass is 10.0. The van der Waals surface area contributed by atoms with Crippen molar-refractivity contribution in [1.29, 1.82) is 0 Å². The molecule has 1 N–H and O–H groups in total. The van der Waals surface area contributed by atoms with Crippen LogP contribution < -0.4 is 5.32 Å². The lowest BCUT2D eigenvalue weighted by Crippen LogP contribution is -2.14. The van der Waals surface area contributed by atoms with Gasteiger partial charge in [-0.1, -0.05) is 42.5 Å². The molecule has 1 heterocycles. The van der Waals surface area contributed by atoms with Crippen molar-refractivity contribution in [1.82, 2.24) is 9.55 Å². The van der Waals surface area contributed by atoms with Crippen molar-refractivity contribution in [3.8, 4) is 16.8 Å². The summed E-state index contributed by atoms with van der Waals surface area (Å²) < 4.78 is 1.99. The number of imidazole rings is 1. The van der Waals surface area contributed by atoms with E-state index >= 15 is 0 Å². The van der Waals surface area contributed by atoms with E-state index in [-0.39, 0.29) is 5.91 Å². The van der Waals surface area contributed by atoms with Crippen LogP contribution in [0, 0.1) is 6.92 Å². The predicted octanol–water partition coefficient (Wildman–Crippen LogP) is 5.00. The van der Waals surface area contributed by atoms with E-state index in [0.29, 0.717) is 0 Å². The molecule has 3 aromatic carbocycles. The van der Waals surface area contributed by atoms with Gasteiger partial charge in [0.15, 0.2) is 0 Å². The van der Waals surface area contributed by atoms with Crippen molar-refractivity contribution in [2.75, 3.05) is 5.32 Å².